The van der Waals surface area contributed by atoms with Gasteiger partial charge in [-0.25, -0.2) is 4.39 Å². The molecule has 0 saturated heterocycles. The maximum Gasteiger partial charge on any atom is 0.123 e. The Labute approximate surface area is 64.5 Å². The van der Waals surface area contributed by atoms with Crippen molar-refractivity contribution in [3.63, 3.8) is 0 Å². The van der Waals surface area contributed by atoms with Crippen LogP contribution in [0.25, 0.3) is 0 Å². The number of hydrogen-bond acceptors (Lipinski definition) is 1. The molecule has 1 aliphatic rings. The molecule has 2 heteroatoms. The quantitative estimate of drug-likeness (QED) is 0.601. The van der Waals surface area contributed by atoms with Gasteiger partial charge in [0.25, 0.3) is 0 Å². The molecule has 0 heterocycles. The van der Waals surface area contributed by atoms with Gasteiger partial charge in [0.1, 0.15) is 5.82 Å². The van der Waals surface area contributed by atoms with E-state index < -0.39 is 0 Å². The summed E-state index contributed by atoms with van der Waals surface area (Å²) >= 11 is 0. The third kappa shape index (κ3) is 1.03. The van der Waals surface area contributed by atoms with Gasteiger partial charge in [0.2, 0.25) is 0 Å². The SMILES string of the molecule is O[C@@H]1CCc2cc(F)ccc21. The number of halogens is 1. The van der Waals surface area contributed by atoms with Crippen molar-refractivity contribution in [2.45, 2.75) is 18.9 Å². The van der Waals surface area contributed by atoms with E-state index in [1.165, 1.54) is 12.1 Å². The average Bonchev–Trinajstić information content (AvgIpc) is 2.32. The second-order valence-electron chi connectivity index (χ2n) is 2.90. The molecule has 1 nitrogen and oxygen atoms in total. The minimum atomic E-state index is -0.370. The summed E-state index contributed by atoms with van der Waals surface area (Å²) in [6, 6.07) is 4.57. The Morgan fingerprint density at radius 1 is 1.45 bits per heavy atom. The van der Waals surface area contributed by atoms with E-state index in [9.17, 15) is 9.50 Å². The average molecular weight is 152 g/mol. The number of aliphatic hydroxyl groups is 1. The van der Waals surface area contributed by atoms with Gasteiger partial charge in [-0.1, -0.05) is 6.07 Å². The van der Waals surface area contributed by atoms with Crippen LogP contribution in [0, 0.1) is 5.82 Å². The molecule has 0 bridgehead atoms. The lowest BCUT2D eigenvalue weighted by Crippen LogP contribution is -1.89. The number of fused-ring (bicyclic) bond motifs is 1. The number of rotatable bonds is 0. The summed E-state index contributed by atoms with van der Waals surface area (Å²) in [5.41, 5.74) is 1.85. The second kappa shape index (κ2) is 2.31. The van der Waals surface area contributed by atoms with E-state index in [4.69, 9.17) is 0 Å². The van der Waals surface area contributed by atoms with Gasteiger partial charge in [0.15, 0.2) is 0 Å². The Hall–Kier alpha value is -0.890. The molecule has 0 saturated carbocycles. The predicted molar refractivity (Wildman–Crippen MR) is 39.7 cm³/mol. The molecule has 58 valence electrons. The highest BCUT2D eigenvalue weighted by atomic mass is 19.1. The summed E-state index contributed by atoms with van der Waals surface area (Å²) in [5, 5.41) is 9.35. The maximum atomic E-state index is 12.6. The Morgan fingerprint density at radius 3 is 3.09 bits per heavy atom. The highest BCUT2D eigenvalue weighted by Crippen LogP contribution is 2.30. The van der Waals surface area contributed by atoms with Crippen molar-refractivity contribution in [2.75, 3.05) is 0 Å². The van der Waals surface area contributed by atoms with Crippen molar-refractivity contribution in [1.29, 1.82) is 0 Å². The third-order valence-electron chi connectivity index (χ3n) is 2.15. The topological polar surface area (TPSA) is 20.2 Å². The highest BCUT2D eigenvalue weighted by molar-refractivity contribution is 5.33. The number of hydrogen-bond donors (Lipinski definition) is 1. The minimum absolute atomic E-state index is 0.210. The number of aliphatic hydroxyl groups excluding tert-OH is 1. The van der Waals surface area contributed by atoms with Crippen LogP contribution in [0.1, 0.15) is 23.7 Å². The van der Waals surface area contributed by atoms with Gasteiger partial charge in [-0.05, 0) is 36.1 Å². The zero-order valence-corrected chi connectivity index (χ0v) is 6.05. The van der Waals surface area contributed by atoms with Crippen molar-refractivity contribution in [1.82, 2.24) is 0 Å². The van der Waals surface area contributed by atoms with E-state index in [-0.39, 0.29) is 11.9 Å². The van der Waals surface area contributed by atoms with Crippen LogP contribution in [0.15, 0.2) is 18.2 Å². The molecular weight excluding hydrogens is 143 g/mol. The maximum absolute atomic E-state index is 12.6. The van der Waals surface area contributed by atoms with Gasteiger partial charge >= 0.3 is 0 Å². The smallest absolute Gasteiger partial charge is 0.123 e. The summed E-state index contributed by atoms with van der Waals surface area (Å²) in [4.78, 5) is 0. The van der Waals surface area contributed by atoms with Crippen LogP contribution in [-0.4, -0.2) is 5.11 Å². The lowest BCUT2D eigenvalue weighted by Gasteiger charge is -2.01. The first-order valence-electron chi connectivity index (χ1n) is 3.74. The van der Waals surface area contributed by atoms with Gasteiger partial charge in [0, 0.05) is 0 Å². The van der Waals surface area contributed by atoms with Crippen LogP contribution in [0.5, 0.6) is 0 Å². The summed E-state index contributed by atoms with van der Waals surface area (Å²) in [6.07, 6.45) is 1.16. The van der Waals surface area contributed by atoms with E-state index in [2.05, 4.69) is 0 Å². The monoisotopic (exact) mass is 152 g/mol. The van der Waals surface area contributed by atoms with Crippen molar-refractivity contribution in [2.24, 2.45) is 0 Å². The molecule has 0 spiro atoms. The normalized spacial score (nSPS) is 21.8. The second-order valence-corrected chi connectivity index (χ2v) is 2.90. The summed E-state index contributed by atoms with van der Waals surface area (Å²) < 4.78 is 12.6. The van der Waals surface area contributed by atoms with Crippen molar-refractivity contribution >= 4 is 0 Å². The van der Waals surface area contributed by atoms with Crippen LogP contribution < -0.4 is 0 Å². The third-order valence-corrected chi connectivity index (χ3v) is 2.15. The Kier molecular flexibility index (Phi) is 1.43. The zero-order chi connectivity index (χ0) is 7.84. The van der Waals surface area contributed by atoms with Crippen molar-refractivity contribution in [3.8, 4) is 0 Å². The molecule has 0 radical (unpaired) electrons. The molecule has 11 heavy (non-hydrogen) atoms. The van der Waals surface area contributed by atoms with Gasteiger partial charge in [-0.15, -0.1) is 0 Å². The standard InChI is InChI=1S/C9H9FO/c10-7-2-3-8-6(5-7)1-4-9(8)11/h2-3,5,9,11H,1,4H2/t9-/m1/s1. The van der Waals surface area contributed by atoms with Crippen LogP contribution in [0.2, 0.25) is 0 Å². The first-order valence-corrected chi connectivity index (χ1v) is 3.74. The minimum Gasteiger partial charge on any atom is -0.388 e. The molecule has 0 fully saturated rings. The Morgan fingerprint density at radius 2 is 2.27 bits per heavy atom. The lowest BCUT2D eigenvalue weighted by molar-refractivity contribution is 0.180. The molecular formula is C9H9FO. The molecule has 1 atom stereocenters. The van der Waals surface area contributed by atoms with Gasteiger partial charge in [0.05, 0.1) is 6.10 Å². The summed E-state index contributed by atoms with van der Waals surface area (Å²) in [7, 11) is 0. The molecule has 1 N–H and O–H groups in total. The number of benzene rings is 1. The fourth-order valence-electron chi connectivity index (χ4n) is 1.56. The highest BCUT2D eigenvalue weighted by Gasteiger charge is 2.19. The molecule has 0 aromatic heterocycles. The molecule has 1 aliphatic carbocycles. The van der Waals surface area contributed by atoms with Gasteiger partial charge in [-0.2, -0.15) is 0 Å². The molecule has 0 aliphatic heterocycles. The first-order chi connectivity index (χ1) is 5.27. The van der Waals surface area contributed by atoms with E-state index in [1.807, 2.05) is 0 Å². The summed E-state index contributed by atoms with van der Waals surface area (Å²) in [6.45, 7) is 0. The molecule has 1 aromatic rings. The van der Waals surface area contributed by atoms with E-state index >= 15 is 0 Å². The predicted octanol–water partition coefficient (Wildman–Crippen LogP) is 1.81. The van der Waals surface area contributed by atoms with Crippen LogP contribution in [-0.2, 0) is 6.42 Å². The van der Waals surface area contributed by atoms with Crippen molar-refractivity contribution in [3.05, 3.63) is 35.1 Å². The number of aryl methyl sites for hydroxylation is 1. The molecule has 2 rings (SSSR count). The fourth-order valence-corrected chi connectivity index (χ4v) is 1.56. The van der Waals surface area contributed by atoms with Crippen LogP contribution in [0.3, 0.4) is 0 Å². The van der Waals surface area contributed by atoms with Gasteiger partial charge < -0.3 is 5.11 Å². The zero-order valence-electron chi connectivity index (χ0n) is 6.05. The van der Waals surface area contributed by atoms with Crippen LogP contribution in [0.4, 0.5) is 4.39 Å². The Balaban J connectivity index is 2.50. The van der Waals surface area contributed by atoms with Crippen molar-refractivity contribution < 1.29 is 9.50 Å². The largest absolute Gasteiger partial charge is 0.388 e. The Bertz CT molecular complexity index is 283. The molecule has 1 aromatic carbocycles. The van der Waals surface area contributed by atoms with Crippen LogP contribution >= 0.6 is 0 Å². The fraction of sp³-hybridized carbons (Fsp3) is 0.333. The molecule has 0 unspecified atom stereocenters. The summed E-state index contributed by atoms with van der Waals surface area (Å²) in [5.74, 6) is -0.210. The van der Waals surface area contributed by atoms with E-state index in [0.717, 1.165) is 24.0 Å². The lowest BCUT2D eigenvalue weighted by atomic mass is 10.1. The molecule has 0 amide bonds. The van der Waals surface area contributed by atoms with E-state index in [0.29, 0.717) is 0 Å². The van der Waals surface area contributed by atoms with E-state index in [1.54, 1.807) is 6.07 Å². The first kappa shape index (κ1) is 6.80. The van der Waals surface area contributed by atoms with Gasteiger partial charge in [-0.3, -0.25) is 0 Å².